The third-order valence-electron chi connectivity index (χ3n) is 4.07. The summed E-state index contributed by atoms with van der Waals surface area (Å²) in [6, 6.07) is 6.25. The third-order valence-corrected chi connectivity index (χ3v) is 4.07. The Hall–Kier alpha value is -2.30. The molecule has 1 aromatic rings. The van der Waals surface area contributed by atoms with E-state index in [2.05, 4.69) is 58.7 Å². The first kappa shape index (κ1) is 14.6. The highest BCUT2D eigenvalue weighted by Gasteiger charge is 2.22. The zero-order valence-electron chi connectivity index (χ0n) is 13.6. The summed E-state index contributed by atoms with van der Waals surface area (Å²) in [6.07, 6.45) is 3.05. The summed E-state index contributed by atoms with van der Waals surface area (Å²) in [6.45, 7) is 7.05. The molecule has 116 valence electrons. The van der Waals surface area contributed by atoms with Gasteiger partial charge < -0.3 is 15.0 Å². The van der Waals surface area contributed by atoms with Crippen LogP contribution in [0.2, 0.25) is 0 Å². The van der Waals surface area contributed by atoms with Crippen molar-refractivity contribution in [2.45, 2.75) is 27.2 Å². The molecule has 1 aromatic carbocycles. The second-order valence-corrected chi connectivity index (χ2v) is 5.93. The summed E-state index contributed by atoms with van der Waals surface area (Å²) in [5.74, 6) is 1.20. The van der Waals surface area contributed by atoms with Gasteiger partial charge in [0.2, 0.25) is 0 Å². The summed E-state index contributed by atoms with van der Waals surface area (Å²) in [5.41, 5.74) is 5.38. The van der Waals surface area contributed by atoms with Crippen LogP contribution < -0.4 is 15.0 Å². The molecular formula is C17H22N4O. The van der Waals surface area contributed by atoms with Crippen molar-refractivity contribution in [1.82, 2.24) is 5.32 Å². The van der Waals surface area contributed by atoms with Crippen LogP contribution in [-0.2, 0) is 0 Å². The van der Waals surface area contributed by atoms with E-state index in [-0.39, 0.29) is 0 Å². The second-order valence-electron chi connectivity index (χ2n) is 5.93. The first-order valence-corrected chi connectivity index (χ1v) is 7.57. The Morgan fingerprint density at radius 3 is 2.73 bits per heavy atom. The van der Waals surface area contributed by atoms with E-state index in [4.69, 9.17) is 4.74 Å². The Labute approximate surface area is 131 Å². The number of rotatable bonds is 3. The molecule has 0 saturated heterocycles. The molecule has 3 rings (SSSR count). The molecule has 0 amide bonds. The number of nitrogens with zero attached hydrogens (tertiary/aromatic N) is 3. The van der Waals surface area contributed by atoms with E-state index in [9.17, 15) is 0 Å². The Morgan fingerprint density at radius 2 is 2.09 bits per heavy atom. The lowest BCUT2D eigenvalue weighted by molar-refractivity contribution is 0.413. The maximum atomic E-state index is 5.60. The molecule has 5 heteroatoms. The van der Waals surface area contributed by atoms with Gasteiger partial charge in [0.25, 0.3) is 0 Å². The Bertz CT molecular complexity index is 675. The van der Waals surface area contributed by atoms with Crippen molar-refractivity contribution in [1.29, 1.82) is 0 Å². The maximum Gasteiger partial charge on any atom is 0.130 e. The minimum absolute atomic E-state index is 0.354. The fourth-order valence-corrected chi connectivity index (χ4v) is 2.91. The first-order chi connectivity index (χ1) is 10.6. The maximum absolute atomic E-state index is 5.60. The Morgan fingerprint density at radius 1 is 1.27 bits per heavy atom. The average Bonchev–Trinajstić information content (AvgIpc) is 2.93. The van der Waals surface area contributed by atoms with E-state index in [0.717, 1.165) is 47.2 Å². The molecule has 0 saturated carbocycles. The van der Waals surface area contributed by atoms with Crippen LogP contribution in [0.15, 0.2) is 40.3 Å². The van der Waals surface area contributed by atoms with Crippen LogP contribution in [0.25, 0.3) is 0 Å². The number of hydrogen-bond donors (Lipinski definition) is 1. The minimum atomic E-state index is 0.354. The topological polar surface area (TPSA) is 49.2 Å². The van der Waals surface area contributed by atoms with E-state index in [1.54, 1.807) is 7.11 Å². The van der Waals surface area contributed by atoms with Gasteiger partial charge in [-0.1, -0.05) is 6.92 Å². The summed E-state index contributed by atoms with van der Waals surface area (Å²) in [4.78, 5) is 2.16. The first-order valence-electron chi connectivity index (χ1n) is 7.57. The molecule has 0 radical (unpaired) electrons. The van der Waals surface area contributed by atoms with Crippen LogP contribution in [0.1, 0.15) is 32.8 Å². The van der Waals surface area contributed by atoms with Crippen LogP contribution in [0.3, 0.4) is 0 Å². The summed E-state index contributed by atoms with van der Waals surface area (Å²) in [5, 5.41) is 11.9. The molecule has 1 atom stereocenters. The molecule has 1 unspecified atom stereocenters. The van der Waals surface area contributed by atoms with Crippen molar-refractivity contribution < 1.29 is 4.74 Å². The number of anilines is 1. The number of nitrogens with one attached hydrogen (secondary N) is 1. The van der Waals surface area contributed by atoms with Crippen molar-refractivity contribution in [2.75, 3.05) is 18.7 Å². The van der Waals surface area contributed by atoms with Gasteiger partial charge in [-0.05, 0) is 32.4 Å². The summed E-state index contributed by atoms with van der Waals surface area (Å²) >= 11 is 0. The lowest BCUT2D eigenvalue weighted by Crippen LogP contribution is -2.22. The molecule has 0 fully saturated rings. The van der Waals surface area contributed by atoms with E-state index >= 15 is 0 Å². The molecular weight excluding hydrogens is 276 g/mol. The summed E-state index contributed by atoms with van der Waals surface area (Å²) < 4.78 is 5.60. The molecule has 0 spiro atoms. The lowest BCUT2D eigenvalue weighted by atomic mass is 9.92. The predicted molar refractivity (Wildman–Crippen MR) is 90.7 cm³/mol. The molecule has 2 aliphatic rings. The fourth-order valence-electron chi connectivity index (χ4n) is 2.91. The largest absolute Gasteiger partial charge is 0.496 e. The van der Waals surface area contributed by atoms with Gasteiger partial charge in [0, 0.05) is 40.8 Å². The molecule has 2 heterocycles. The van der Waals surface area contributed by atoms with Crippen LogP contribution in [-0.4, -0.2) is 25.2 Å². The molecule has 0 aliphatic carbocycles. The van der Waals surface area contributed by atoms with Crippen molar-refractivity contribution in [3.05, 3.63) is 35.7 Å². The third kappa shape index (κ3) is 2.71. The molecule has 1 N–H and O–H groups in total. The highest BCUT2D eigenvalue weighted by atomic mass is 16.5. The Balaban J connectivity index is 1.96. The molecule has 2 aliphatic heterocycles. The SMILES string of the molecule is COc1cc(N2C=C(C)NC2)ccc1C1=NN=C(C)CC1C. The number of allylic oxidation sites excluding steroid dienone is 1. The van der Waals surface area contributed by atoms with E-state index < -0.39 is 0 Å². The predicted octanol–water partition coefficient (Wildman–Crippen LogP) is 3.13. The number of ether oxygens (including phenoxy) is 1. The number of hydrogen-bond acceptors (Lipinski definition) is 5. The quantitative estimate of drug-likeness (QED) is 0.932. The standard InChI is InChI=1S/C17H22N4O/c1-11-7-12(2)19-20-17(11)15-6-5-14(8-16(15)22-4)21-9-13(3)18-10-21/h5-6,8-9,11,18H,7,10H2,1-4H3. The van der Waals surface area contributed by atoms with Gasteiger partial charge in [0.15, 0.2) is 0 Å². The molecule has 5 nitrogen and oxygen atoms in total. The molecule has 22 heavy (non-hydrogen) atoms. The molecule has 0 aromatic heterocycles. The minimum Gasteiger partial charge on any atom is -0.496 e. The number of methoxy groups -OCH3 is 1. The summed E-state index contributed by atoms with van der Waals surface area (Å²) in [7, 11) is 1.70. The van der Waals surface area contributed by atoms with Crippen molar-refractivity contribution in [2.24, 2.45) is 16.1 Å². The van der Waals surface area contributed by atoms with Crippen molar-refractivity contribution >= 4 is 17.1 Å². The van der Waals surface area contributed by atoms with E-state index in [0.29, 0.717) is 5.92 Å². The van der Waals surface area contributed by atoms with Gasteiger partial charge in [0.1, 0.15) is 5.75 Å². The Kier molecular flexibility index (Phi) is 3.88. The van der Waals surface area contributed by atoms with Crippen LogP contribution in [0.5, 0.6) is 5.75 Å². The number of benzene rings is 1. The van der Waals surface area contributed by atoms with Gasteiger partial charge >= 0.3 is 0 Å². The normalized spacial score (nSPS) is 21.0. The van der Waals surface area contributed by atoms with Gasteiger partial charge in [-0.25, -0.2) is 0 Å². The lowest BCUT2D eigenvalue weighted by Gasteiger charge is -2.21. The fraction of sp³-hybridized carbons (Fsp3) is 0.412. The van der Waals surface area contributed by atoms with Crippen LogP contribution >= 0.6 is 0 Å². The van der Waals surface area contributed by atoms with Gasteiger partial charge in [-0.3, -0.25) is 0 Å². The van der Waals surface area contributed by atoms with Gasteiger partial charge in [-0.2, -0.15) is 10.2 Å². The zero-order valence-corrected chi connectivity index (χ0v) is 13.6. The van der Waals surface area contributed by atoms with Gasteiger partial charge in [-0.15, -0.1) is 0 Å². The van der Waals surface area contributed by atoms with Crippen LogP contribution in [0.4, 0.5) is 5.69 Å². The van der Waals surface area contributed by atoms with Gasteiger partial charge in [0.05, 0.1) is 19.5 Å². The van der Waals surface area contributed by atoms with Crippen molar-refractivity contribution in [3.8, 4) is 5.75 Å². The smallest absolute Gasteiger partial charge is 0.130 e. The monoisotopic (exact) mass is 298 g/mol. The molecule has 0 bridgehead atoms. The van der Waals surface area contributed by atoms with E-state index in [1.165, 1.54) is 0 Å². The zero-order chi connectivity index (χ0) is 15.7. The van der Waals surface area contributed by atoms with Crippen LogP contribution in [0, 0.1) is 5.92 Å². The van der Waals surface area contributed by atoms with Crippen molar-refractivity contribution in [3.63, 3.8) is 0 Å². The highest BCUT2D eigenvalue weighted by molar-refractivity contribution is 6.07. The van der Waals surface area contributed by atoms with E-state index in [1.807, 2.05) is 6.92 Å². The second kappa shape index (κ2) is 5.83. The highest BCUT2D eigenvalue weighted by Crippen LogP contribution is 2.30. The average molecular weight is 298 g/mol.